The molecular weight excluding hydrogens is 204 g/mol. The maximum absolute atomic E-state index is 3.79. The zero-order valence-corrected chi connectivity index (χ0v) is 11.8. The summed E-state index contributed by atoms with van der Waals surface area (Å²) in [5.74, 6) is 0. The first-order valence-corrected chi connectivity index (χ1v) is 7.51. The molecule has 0 fully saturated rings. The van der Waals surface area contributed by atoms with Crippen LogP contribution in [0.2, 0.25) is 0 Å². The molecule has 0 saturated heterocycles. The van der Waals surface area contributed by atoms with E-state index in [1.54, 1.807) is 0 Å². The molecule has 0 aromatic heterocycles. The van der Waals surface area contributed by atoms with Crippen LogP contribution in [0.5, 0.6) is 0 Å². The summed E-state index contributed by atoms with van der Waals surface area (Å²) in [4.78, 5) is 0. The van der Waals surface area contributed by atoms with Crippen LogP contribution in [0.4, 0.5) is 0 Å². The average molecular weight is 235 g/mol. The molecule has 0 heteroatoms. The van der Waals surface area contributed by atoms with Crippen LogP contribution in [0.25, 0.3) is 0 Å². The number of unbranched alkanes of at least 4 members (excludes halogenated alkanes) is 8. The van der Waals surface area contributed by atoms with Gasteiger partial charge in [-0.2, -0.15) is 0 Å². The zero-order valence-electron chi connectivity index (χ0n) is 11.8. The van der Waals surface area contributed by atoms with Crippen LogP contribution >= 0.6 is 0 Å². The fourth-order valence-corrected chi connectivity index (χ4v) is 1.93. The summed E-state index contributed by atoms with van der Waals surface area (Å²) in [6.07, 6.45) is 23.5. The molecule has 0 aliphatic rings. The Balaban J connectivity index is 2.98. The van der Waals surface area contributed by atoms with Crippen molar-refractivity contribution < 1.29 is 0 Å². The lowest BCUT2D eigenvalue weighted by Crippen LogP contribution is -1.80. The van der Waals surface area contributed by atoms with Crippen molar-refractivity contribution in [2.24, 2.45) is 0 Å². The molecule has 0 N–H and O–H groups in total. The van der Waals surface area contributed by atoms with E-state index in [0.29, 0.717) is 0 Å². The molecule has 0 unspecified atom stereocenters. The second kappa shape index (κ2) is 15.5. The van der Waals surface area contributed by atoms with Gasteiger partial charge in [0.2, 0.25) is 0 Å². The largest absolute Gasteiger partial charge is 0.0888 e. The van der Waals surface area contributed by atoms with Crippen molar-refractivity contribution in [3.63, 3.8) is 0 Å². The van der Waals surface area contributed by atoms with Gasteiger partial charge in [0, 0.05) is 0 Å². The maximum atomic E-state index is 3.79. The predicted molar refractivity (Wildman–Crippen MR) is 80.1 cm³/mol. The predicted octanol–water partition coefficient (Wildman–Crippen LogP) is 6.24. The van der Waals surface area contributed by atoms with E-state index >= 15 is 0 Å². The van der Waals surface area contributed by atoms with E-state index in [-0.39, 0.29) is 0 Å². The molecular formula is C17H31. The first-order chi connectivity index (χ1) is 8.41. The Hall–Kier alpha value is -0.520. The van der Waals surface area contributed by atoms with Gasteiger partial charge in [-0.15, -0.1) is 0 Å². The van der Waals surface area contributed by atoms with Crippen molar-refractivity contribution in [2.75, 3.05) is 0 Å². The minimum Gasteiger partial charge on any atom is -0.0888 e. The lowest BCUT2D eigenvalue weighted by Gasteiger charge is -2.00. The minimum absolute atomic E-state index is 0.937. The normalized spacial score (nSPS) is 11.9. The van der Waals surface area contributed by atoms with Crippen LogP contribution in [0, 0.1) is 6.92 Å². The van der Waals surface area contributed by atoms with Crippen LogP contribution < -0.4 is 0 Å². The lowest BCUT2D eigenvalue weighted by molar-refractivity contribution is 0.583. The van der Waals surface area contributed by atoms with E-state index in [2.05, 4.69) is 38.2 Å². The Morgan fingerprint density at radius 1 is 0.647 bits per heavy atom. The minimum atomic E-state index is 0.937. The van der Waals surface area contributed by atoms with E-state index < -0.39 is 0 Å². The van der Waals surface area contributed by atoms with E-state index in [9.17, 15) is 0 Å². The average Bonchev–Trinajstić information content (AvgIpc) is 2.35. The van der Waals surface area contributed by atoms with Crippen LogP contribution in [-0.2, 0) is 0 Å². The summed E-state index contributed by atoms with van der Waals surface area (Å²) < 4.78 is 0. The molecule has 0 amide bonds. The molecule has 0 nitrogen and oxygen atoms in total. The van der Waals surface area contributed by atoms with Gasteiger partial charge in [0.05, 0.1) is 0 Å². The first-order valence-electron chi connectivity index (χ1n) is 7.51. The van der Waals surface area contributed by atoms with Gasteiger partial charge in [-0.1, -0.05) is 63.3 Å². The smallest absolute Gasteiger partial charge is 0.0351 e. The molecule has 0 spiro atoms. The van der Waals surface area contributed by atoms with Crippen molar-refractivity contribution in [2.45, 2.75) is 77.6 Å². The quantitative estimate of drug-likeness (QED) is 0.277. The number of hydrogen-bond donors (Lipinski definition) is 0. The van der Waals surface area contributed by atoms with Crippen molar-refractivity contribution in [3.8, 4) is 0 Å². The molecule has 0 aliphatic carbocycles. The van der Waals surface area contributed by atoms with E-state index in [1.165, 1.54) is 64.2 Å². The fourth-order valence-electron chi connectivity index (χ4n) is 1.93. The van der Waals surface area contributed by atoms with Crippen LogP contribution in [0.1, 0.15) is 77.6 Å². The van der Waals surface area contributed by atoms with E-state index in [4.69, 9.17) is 0 Å². The Morgan fingerprint density at radius 3 is 1.59 bits per heavy atom. The second-order valence-electron chi connectivity index (χ2n) is 4.69. The third-order valence-corrected chi connectivity index (χ3v) is 2.98. The number of hydrogen-bond acceptors (Lipinski definition) is 0. The van der Waals surface area contributed by atoms with Gasteiger partial charge in [0.15, 0.2) is 0 Å². The summed E-state index contributed by atoms with van der Waals surface area (Å²) in [7, 11) is 0. The topological polar surface area (TPSA) is 0 Å². The molecule has 0 heterocycles. The number of rotatable bonds is 12. The summed E-state index contributed by atoms with van der Waals surface area (Å²) >= 11 is 0. The van der Waals surface area contributed by atoms with Crippen molar-refractivity contribution in [3.05, 3.63) is 31.2 Å². The summed E-state index contributed by atoms with van der Waals surface area (Å²) in [6.45, 7) is 5.99. The third-order valence-electron chi connectivity index (χ3n) is 2.98. The van der Waals surface area contributed by atoms with Gasteiger partial charge in [-0.25, -0.2) is 0 Å². The van der Waals surface area contributed by atoms with E-state index in [0.717, 1.165) is 6.42 Å². The Morgan fingerprint density at radius 2 is 1.12 bits per heavy atom. The molecule has 1 radical (unpaired) electrons. The van der Waals surface area contributed by atoms with Gasteiger partial charge in [0.25, 0.3) is 0 Å². The van der Waals surface area contributed by atoms with Crippen molar-refractivity contribution >= 4 is 0 Å². The highest BCUT2D eigenvalue weighted by Gasteiger charge is 1.90. The first kappa shape index (κ1) is 16.5. The summed E-state index contributed by atoms with van der Waals surface area (Å²) in [5, 5.41) is 0. The van der Waals surface area contributed by atoms with Gasteiger partial charge < -0.3 is 0 Å². The Bertz CT molecular complexity index is 156. The SMILES string of the molecule is [CH2]CC=CCCCCCCCCCC=CCC. The summed E-state index contributed by atoms with van der Waals surface area (Å²) in [5.41, 5.74) is 0. The molecule has 0 aromatic rings. The van der Waals surface area contributed by atoms with Gasteiger partial charge in [-0.3, -0.25) is 0 Å². The standard InChI is InChI=1S/C17H31/c1-3-5-7-9-11-13-15-17-16-14-12-10-8-6-4-2/h5-8H,1,3-4,9-17H2,2H3. The van der Waals surface area contributed by atoms with Gasteiger partial charge >= 0.3 is 0 Å². The monoisotopic (exact) mass is 235 g/mol. The maximum Gasteiger partial charge on any atom is -0.0351 e. The highest BCUT2D eigenvalue weighted by Crippen LogP contribution is 2.10. The summed E-state index contributed by atoms with van der Waals surface area (Å²) in [6, 6.07) is 0. The van der Waals surface area contributed by atoms with Crippen LogP contribution in [-0.4, -0.2) is 0 Å². The van der Waals surface area contributed by atoms with Crippen LogP contribution in [0.15, 0.2) is 24.3 Å². The molecule has 0 saturated carbocycles. The highest BCUT2D eigenvalue weighted by atomic mass is 14.0. The zero-order chi connectivity index (χ0) is 12.6. The lowest BCUT2D eigenvalue weighted by atomic mass is 10.1. The van der Waals surface area contributed by atoms with E-state index in [1.807, 2.05) is 0 Å². The molecule has 99 valence electrons. The molecule has 0 rings (SSSR count). The molecule has 0 atom stereocenters. The Labute approximate surface area is 109 Å². The van der Waals surface area contributed by atoms with Crippen LogP contribution in [0.3, 0.4) is 0 Å². The molecule has 0 aliphatic heterocycles. The second-order valence-corrected chi connectivity index (χ2v) is 4.69. The van der Waals surface area contributed by atoms with Crippen molar-refractivity contribution in [1.29, 1.82) is 0 Å². The number of allylic oxidation sites excluding steroid dienone is 4. The molecule has 0 aromatic carbocycles. The fraction of sp³-hybridized carbons (Fsp3) is 0.706. The Kier molecular flexibility index (Phi) is 15.0. The van der Waals surface area contributed by atoms with Gasteiger partial charge in [-0.05, 0) is 45.4 Å². The highest BCUT2D eigenvalue weighted by molar-refractivity contribution is 4.82. The van der Waals surface area contributed by atoms with Crippen molar-refractivity contribution in [1.82, 2.24) is 0 Å². The third kappa shape index (κ3) is 15.5. The molecule has 0 bridgehead atoms. The van der Waals surface area contributed by atoms with Gasteiger partial charge in [0.1, 0.15) is 0 Å². The molecule has 17 heavy (non-hydrogen) atoms.